The van der Waals surface area contributed by atoms with E-state index >= 15 is 0 Å². The molecule has 0 unspecified atom stereocenters. The lowest BCUT2D eigenvalue weighted by atomic mass is 10.1. The van der Waals surface area contributed by atoms with Crippen LogP contribution in [-0.4, -0.2) is 35.7 Å². The van der Waals surface area contributed by atoms with Crippen LogP contribution in [0.2, 0.25) is 0 Å². The number of ether oxygens (including phenoxy) is 1. The van der Waals surface area contributed by atoms with Crippen LogP contribution in [0.1, 0.15) is 11.1 Å². The van der Waals surface area contributed by atoms with E-state index in [1.807, 2.05) is 12.1 Å². The SMILES string of the molecule is Nc1nc2c(ncn2Cc2ccc(COCP(=O)(O)O)cc2)c(=O)[nH]1. The molecule has 25 heavy (non-hydrogen) atoms. The molecule has 0 fully saturated rings. The zero-order valence-corrected chi connectivity index (χ0v) is 13.9. The number of rotatable bonds is 6. The van der Waals surface area contributed by atoms with Crippen LogP contribution < -0.4 is 11.3 Å². The lowest BCUT2D eigenvalue weighted by molar-refractivity contribution is 0.144. The molecule has 0 aliphatic rings. The topological polar surface area (TPSA) is 156 Å². The van der Waals surface area contributed by atoms with Crippen LogP contribution >= 0.6 is 7.60 Å². The number of benzene rings is 1. The van der Waals surface area contributed by atoms with E-state index in [4.69, 9.17) is 20.3 Å². The van der Waals surface area contributed by atoms with Gasteiger partial charge in [0.05, 0.1) is 19.5 Å². The van der Waals surface area contributed by atoms with Crippen LogP contribution in [0.4, 0.5) is 5.95 Å². The van der Waals surface area contributed by atoms with Crippen molar-refractivity contribution in [3.05, 3.63) is 52.1 Å². The molecule has 0 radical (unpaired) electrons. The summed E-state index contributed by atoms with van der Waals surface area (Å²) in [4.78, 5) is 39.8. The molecule has 0 saturated carbocycles. The van der Waals surface area contributed by atoms with E-state index in [2.05, 4.69) is 15.0 Å². The molecule has 1 aromatic carbocycles. The number of nitrogens with zero attached hydrogens (tertiary/aromatic N) is 3. The van der Waals surface area contributed by atoms with E-state index in [1.54, 1.807) is 16.7 Å². The number of hydrogen-bond acceptors (Lipinski definition) is 6. The molecule has 5 N–H and O–H groups in total. The Hall–Kier alpha value is -2.52. The van der Waals surface area contributed by atoms with Crippen molar-refractivity contribution < 1.29 is 19.1 Å². The molecule has 0 bridgehead atoms. The second kappa shape index (κ2) is 6.77. The fourth-order valence-electron chi connectivity index (χ4n) is 2.31. The zero-order valence-electron chi connectivity index (χ0n) is 13.0. The fourth-order valence-corrected chi connectivity index (χ4v) is 2.64. The van der Waals surface area contributed by atoms with Crippen molar-refractivity contribution in [3.8, 4) is 0 Å². The van der Waals surface area contributed by atoms with Crippen molar-refractivity contribution in [2.45, 2.75) is 13.2 Å². The summed E-state index contributed by atoms with van der Waals surface area (Å²) in [5, 5.41) is 0. The van der Waals surface area contributed by atoms with Crippen LogP contribution in [0.3, 0.4) is 0 Å². The van der Waals surface area contributed by atoms with Gasteiger partial charge in [0.15, 0.2) is 11.2 Å². The largest absolute Gasteiger partial charge is 0.369 e. The second-order valence-corrected chi connectivity index (χ2v) is 7.04. The number of nitrogens with two attached hydrogens (primary N) is 1. The first-order valence-corrected chi connectivity index (χ1v) is 9.02. The predicted octanol–water partition coefficient (Wildman–Crippen LogP) is 0.402. The van der Waals surface area contributed by atoms with Gasteiger partial charge in [-0.25, -0.2) is 4.98 Å². The highest BCUT2D eigenvalue weighted by atomic mass is 31.2. The number of hydrogen-bond donors (Lipinski definition) is 4. The van der Waals surface area contributed by atoms with E-state index in [1.165, 1.54) is 6.33 Å². The van der Waals surface area contributed by atoms with Gasteiger partial charge in [0, 0.05) is 0 Å². The van der Waals surface area contributed by atoms with Gasteiger partial charge >= 0.3 is 7.60 Å². The second-order valence-electron chi connectivity index (χ2n) is 5.45. The maximum atomic E-state index is 11.8. The third kappa shape index (κ3) is 4.31. The third-order valence-corrected chi connectivity index (χ3v) is 3.92. The summed E-state index contributed by atoms with van der Waals surface area (Å²) in [7, 11) is -4.16. The van der Waals surface area contributed by atoms with Crippen LogP contribution in [0.15, 0.2) is 35.4 Å². The Bertz CT molecular complexity index is 991. The van der Waals surface area contributed by atoms with Crippen LogP contribution in [0.25, 0.3) is 11.2 Å². The van der Waals surface area contributed by atoms with Gasteiger partial charge in [-0.05, 0) is 11.1 Å². The monoisotopic (exact) mass is 365 g/mol. The van der Waals surface area contributed by atoms with Gasteiger partial charge in [-0.15, -0.1) is 0 Å². The Kier molecular flexibility index (Phi) is 4.69. The molecule has 2 aromatic heterocycles. The van der Waals surface area contributed by atoms with Gasteiger partial charge in [0.25, 0.3) is 5.56 Å². The predicted molar refractivity (Wildman–Crippen MR) is 89.8 cm³/mol. The van der Waals surface area contributed by atoms with Crippen molar-refractivity contribution in [1.29, 1.82) is 0 Å². The van der Waals surface area contributed by atoms with Crippen LogP contribution in [0.5, 0.6) is 0 Å². The van der Waals surface area contributed by atoms with Crippen LogP contribution in [-0.2, 0) is 22.5 Å². The zero-order chi connectivity index (χ0) is 18.0. The maximum absolute atomic E-state index is 11.8. The summed E-state index contributed by atoms with van der Waals surface area (Å²) in [5.41, 5.74) is 7.51. The van der Waals surface area contributed by atoms with Crippen molar-refractivity contribution in [1.82, 2.24) is 19.5 Å². The highest BCUT2D eigenvalue weighted by molar-refractivity contribution is 7.51. The van der Waals surface area contributed by atoms with E-state index < -0.39 is 13.9 Å². The summed E-state index contributed by atoms with van der Waals surface area (Å²) >= 11 is 0. The maximum Gasteiger partial charge on any atom is 0.350 e. The van der Waals surface area contributed by atoms with Gasteiger partial charge < -0.3 is 24.8 Å². The quantitative estimate of drug-likeness (QED) is 0.457. The number of anilines is 1. The van der Waals surface area contributed by atoms with Gasteiger partial charge in [0.1, 0.15) is 6.35 Å². The standard InChI is InChI=1S/C14H16N5O5P/c15-14-17-12-11(13(20)18-14)16-7-19(12)5-9-1-3-10(4-2-9)6-24-8-25(21,22)23/h1-4,7H,5-6,8H2,(H2,21,22,23)(H3,15,17,18,20). The Labute approximate surface area is 141 Å². The van der Waals surface area contributed by atoms with Gasteiger partial charge in [0.2, 0.25) is 5.95 Å². The molecule has 3 aromatic rings. The van der Waals surface area contributed by atoms with E-state index in [9.17, 15) is 9.36 Å². The van der Waals surface area contributed by atoms with Crippen molar-refractivity contribution >= 4 is 24.7 Å². The highest BCUT2D eigenvalue weighted by Gasteiger charge is 2.12. The smallest absolute Gasteiger partial charge is 0.350 e. The number of H-pyrrole nitrogens is 1. The van der Waals surface area contributed by atoms with Crippen molar-refractivity contribution in [2.75, 3.05) is 12.1 Å². The minimum Gasteiger partial charge on any atom is -0.369 e. The molecule has 2 heterocycles. The summed E-state index contributed by atoms with van der Waals surface area (Å²) in [6.07, 6.45) is 0.904. The van der Waals surface area contributed by atoms with Gasteiger partial charge in [-0.1, -0.05) is 24.3 Å². The molecular formula is C14H16N5O5P. The Morgan fingerprint density at radius 1 is 1.24 bits per heavy atom. The lowest BCUT2D eigenvalue weighted by Gasteiger charge is -2.08. The fraction of sp³-hybridized carbons (Fsp3) is 0.214. The summed E-state index contributed by atoms with van der Waals surface area (Å²) in [6.45, 7) is 0.545. The first-order valence-electron chi connectivity index (χ1n) is 7.22. The first-order chi connectivity index (χ1) is 11.8. The lowest BCUT2D eigenvalue weighted by Crippen LogP contribution is -2.12. The van der Waals surface area contributed by atoms with E-state index in [0.29, 0.717) is 12.2 Å². The Balaban J connectivity index is 1.72. The van der Waals surface area contributed by atoms with E-state index in [0.717, 1.165) is 11.1 Å². The number of aromatic nitrogens is 4. The molecule has 0 spiro atoms. The van der Waals surface area contributed by atoms with Crippen molar-refractivity contribution in [3.63, 3.8) is 0 Å². The minimum atomic E-state index is -4.16. The van der Waals surface area contributed by atoms with Gasteiger partial charge in [-0.2, -0.15) is 4.98 Å². The average Bonchev–Trinajstić information content (AvgIpc) is 2.91. The molecule has 0 aliphatic heterocycles. The summed E-state index contributed by atoms with van der Waals surface area (Å²) in [6, 6.07) is 7.28. The summed E-state index contributed by atoms with van der Waals surface area (Å²) < 4.78 is 17.4. The van der Waals surface area contributed by atoms with Crippen LogP contribution in [0, 0.1) is 0 Å². The number of nitrogens with one attached hydrogen (secondary N) is 1. The minimum absolute atomic E-state index is 0.0248. The molecule has 10 nitrogen and oxygen atoms in total. The molecule has 0 saturated heterocycles. The van der Waals surface area contributed by atoms with E-state index in [-0.39, 0.29) is 23.6 Å². The molecule has 132 valence electrons. The number of imidazole rings is 1. The molecular weight excluding hydrogens is 349 g/mol. The average molecular weight is 365 g/mol. The molecule has 0 amide bonds. The first kappa shape index (κ1) is 17.3. The number of aromatic amines is 1. The molecule has 0 atom stereocenters. The third-order valence-electron chi connectivity index (χ3n) is 3.40. The van der Waals surface area contributed by atoms with Gasteiger partial charge in [-0.3, -0.25) is 14.3 Å². The Morgan fingerprint density at radius 3 is 2.60 bits per heavy atom. The normalized spacial score (nSPS) is 11.9. The summed E-state index contributed by atoms with van der Waals surface area (Å²) in [5.74, 6) is 0.0248. The molecule has 3 rings (SSSR count). The number of fused-ring (bicyclic) bond motifs is 1. The molecule has 0 aliphatic carbocycles. The van der Waals surface area contributed by atoms with Crippen molar-refractivity contribution in [2.24, 2.45) is 0 Å². The molecule has 11 heteroatoms. The highest BCUT2D eigenvalue weighted by Crippen LogP contribution is 2.34. The number of nitrogen functional groups attached to an aromatic ring is 1. The Morgan fingerprint density at radius 2 is 1.92 bits per heavy atom.